The lowest BCUT2D eigenvalue weighted by Gasteiger charge is -2.32. The Labute approximate surface area is 319 Å². The van der Waals surface area contributed by atoms with Crippen LogP contribution in [0.15, 0.2) is 91.0 Å². The Balaban J connectivity index is 1.18. The minimum Gasteiger partial charge on any atom is -0.446 e. The fourth-order valence-electron chi connectivity index (χ4n) is 9.91. The van der Waals surface area contributed by atoms with Crippen molar-refractivity contribution in [1.82, 2.24) is 4.90 Å². The Kier molecular flexibility index (Phi) is 6.43. The Morgan fingerprint density at radius 3 is 1.12 bits per heavy atom. The minimum absolute atomic E-state index is 0.101. The first kappa shape index (κ1) is 32.5. The van der Waals surface area contributed by atoms with Gasteiger partial charge in [-0.05, 0) is 112 Å². The molecule has 2 aliphatic rings. The topological polar surface area (TPSA) is 101 Å². The van der Waals surface area contributed by atoms with Crippen LogP contribution in [-0.2, 0) is 9.53 Å². The second-order valence-electron chi connectivity index (χ2n) is 15.7. The Hall–Kier alpha value is -6.93. The van der Waals surface area contributed by atoms with Crippen LogP contribution in [0.4, 0.5) is 5.69 Å². The normalized spacial score (nSPS) is 14.6. The molecule has 2 heterocycles. The number of carbonyl (C=O) groups excluding carboxylic acids is 5. The molecule has 9 aromatic rings. The maximum Gasteiger partial charge on any atom is 0.294 e. The van der Waals surface area contributed by atoms with Gasteiger partial charge in [0, 0.05) is 33.0 Å². The Bertz CT molecular complexity index is 3130. The monoisotopic (exact) mass is 732 g/mol. The number of hydrogen-bond acceptors (Lipinski definition) is 6. The molecule has 0 saturated carbocycles. The summed E-state index contributed by atoms with van der Waals surface area (Å²) < 4.78 is 4.82. The van der Waals surface area contributed by atoms with Crippen molar-refractivity contribution < 1.29 is 28.7 Å². The van der Waals surface area contributed by atoms with Gasteiger partial charge >= 0.3 is 0 Å². The highest BCUT2D eigenvalue weighted by molar-refractivity contribution is 6.46. The van der Waals surface area contributed by atoms with Crippen LogP contribution in [-0.4, -0.2) is 41.7 Å². The van der Waals surface area contributed by atoms with E-state index in [0.29, 0.717) is 38.7 Å². The number of ether oxygens (including phenoxy) is 1. The predicted molar refractivity (Wildman–Crippen MR) is 220 cm³/mol. The third-order valence-corrected chi connectivity index (χ3v) is 12.3. The number of rotatable bonds is 6. The summed E-state index contributed by atoms with van der Waals surface area (Å²) >= 11 is 0. The lowest BCUT2D eigenvalue weighted by molar-refractivity contribution is -0.131. The molecule has 0 atom stereocenters. The van der Waals surface area contributed by atoms with Crippen LogP contribution in [0.25, 0.3) is 75.4 Å². The van der Waals surface area contributed by atoms with Crippen molar-refractivity contribution in [3.05, 3.63) is 124 Å². The summed E-state index contributed by atoms with van der Waals surface area (Å²) in [6, 6.07) is 29.7. The van der Waals surface area contributed by atoms with Gasteiger partial charge in [-0.2, -0.15) is 0 Å². The average molecular weight is 733 g/mol. The molecule has 0 fully saturated rings. The first-order valence-electron chi connectivity index (χ1n) is 18.9. The van der Waals surface area contributed by atoms with E-state index < -0.39 is 18.5 Å². The molecule has 56 heavy (non-hydrogen) atoms. The van der Waals surface area contributed by atoms with E-state index in [-0.39, 0.29) is 30.1 Å². The standard InChI is InChI=1S/C48H32N2O6/c1-22(2)24-6-5-7-25(23(3)4)44(24)50-47(54)36-18-14-32-28-10-8-26-30-12-16-34-42-35(46(53)49(45(34)52)20-56-21-51)17-13-31(40(30)42)27-9-11-29(39(28)38(26)27)33-15-19-37(48(50)55)43(36)41(32)33/h5-19,21-23H,20H2,1-4H3. The van der Waals surface area contributed by atoms with Gasteiger partial charge in [-0.15, -0.1) is 0 Å². The van der Waals surface area contributed by atoms with E-state index in [1.54, 1.807) is 12.1 Å². The molecular weight excluding hydrogens is 701 g/mol. The third-order valence-electron chi connectivity index (χ3n) is 12.3. The molecule has 8 nitrogen and oxygen atoms in total. The maximum absolute atomic E-state index is 14.7. The lowest BCUT2D eigenvalue weighted by Crippen LogP contribution is -2.41. The smallest absolute Gasteiger partial charge is 0.294 e. The van der Waals surface area contributed by atoms with Gasteiger partial charge in [0.1, 0.15) is 0 Å². The second-order valence-corrected chi connectivity index (χ2v) is 15.7. The summed E-state index contributed by atoms with van der Waals surface area (Å²) in [5, 5.41) is 12.9. The van der Waals surface area contributed by atoms with Crippen molar-refractivity contribution in [1.29, 1.82) is 0 Å². The van der Waals surface area contributed by atoms with E-state index in [9.17, 15) is 24.0 Å². The Morgan fingerprint density at radius 1 is 0.464 bits per heavy atom. The molecular formula is C48H32N2O6. The lowest BCUT2D eigenvalue weighted by atomic mass is 9.80. The minimum atomic E-state index is -0.509. The molecule has 9 aromatic carbocycles. The van der Waals surface area contributed by atoms with Crippen molar-refractivity contribution >= 4 is 111 Å². The van der Waals surface area contributed by atoms with Crippen LogP contribution in [0.3, 0.4) is 0 Å². The number of fused-ring (bicyclic) bond motifs is 4. The van der Waals surface area contributed by atoms with Gasteiger partial charge in [-0.3, -0.25) is 24.0 Å². The number of para-hydroxylation sites is 1. The number of benzene rings is 9. The number of nitrogens with zero attached hydrogens (tertiary/aromatic N) is 2. The molecule has 2 aliphatic heterocycles. The molecule has 4 amide bonds. The zero-order chi connectivity index (χ0) is 38.5. The van der Waals surface area contributed by atoms with Crippen molar-refractivity contribution in [2.45, 2.75) is 39.5 Å². The van der Waals surface area contributed by atoms with Gasteiger partial charge in [-0.25, -0.2) is 9.80 Å². The molecule has 8 heteroatoms. The van der Waals surface area contributed by atoms with Crippen LogP contribution in [0.2, 0.25) is 0 Å². The van der Waals surface area contributed by atoms with E-state index in [0.717, 1.165) is 80.7 Å². The first-order chi connectivity index (χ1) is 27.1. The van der Waals surface area contributed by atoms with Crippen molar-refractivity contribution in [2.24, 2.45) is 0 Å². The van der Waals surface area contributed by atoms with E-state index in [1.165, 1.54) is 4.90 Å². The quantitative estimate of drug-likeness (QED) is 0.0730. The van der Waals surface area contributed by atoms with Crippen LogP contribution >= 0.6 is 0 Å². The van der Waals surface area contributed by atoms with Gasteiger partial charge in [0.15, 0.2) is 6.73 Å². The van der Waals surface area contributed by atoms with Gasteiger partial charge in [-0.1, -0.05) is 94.4 Å². The molecule has 0 N–H and O–H groups in total. The molecule has 0 aliphatic carbocycles. The fraction of sp³-hybridized carbons (Fsp3) is 0.146. The number of hydrogen-bond donors (Lipinski definition) is 0. The van der Waals surface area contributed by atoms with Crippen molar-refractivity contribution in [3.8, 4) is 0 Å². The molecule has 0 aromatic heterocycles. The zero-order valence-corrected chi connectivity index (χ0v) is 30.9. The van der Waals surface area contributed by atoms with E-state index in [4.69, 9.17) is 4.74 Å². The number of carbonyl (C=O) groups is 5. The van der Waals surface area contributed by atoms with E-state index >= 15 is 0 Å². The second kappa shape index (κ2) is 11.1. The molecule has 0 radical (unpaired) electrons. The molecule has 0 spiro atoms. The first-order valence-corrected chi connectivity index (χ1v) is 18.9. The SMILES string of the molecule is CC(C)c1cccc(C(C)C)c1N1C(=O)c2ccc3c4ccc5c6ccc7c8c(ccc(c9ccc(c%10ccc(c2c3%10)C1=O)c4c59)c86)C(=O)N(COC=O)C7=O. The third kappa shape index (κ3) is 3.85. The summed E-state index contributed by atoms with van der Waals surface area (Å²) in [5.41, 5.74) is 4.41. The zero-order valence-electron chi connectivity index (χ0n) is 30.9. The summed E-state index contributed by atoms with van der Waals surface area (Å²) in [4.78, 5) is 69.8. The predicted octanol–water partition coefficient (Wildman–Crippen LogP) is 10.4. The highest BCUT2D eigenvalue weighted by atomic mass is 16.5. The van der Waals surface area contributed by atoms with Gasteiger partial charge in [0.2, 0.25) is 0 Å². The number of imide groups is 2. The summed E-state index contributed by atoms with van der Waals surface area (Å²) in [6.45, 7) is 8.11. The van der Waals surface area contributed by atoms with E-state index in [2.05, 4.69) is 52.0 Å². The van der Waals surface area contributed by atoms with E-state index in [1.807, 2.05) is 54.6 Å². The summed E-state index contributed by atoms with van der Waals surface area (Å²) in [7, 11) is 0. The van der Waals surface area contributed by atoms with Crippen LogP contribution in [0.1, 0.15) is 92.1 Å². The fourth-order valence-corrected chi connectivity index (χ4v) is 9.91. The molecule has 270 valence electrons. The van der Waals surface area contributed by atoms with Crippen LogP contribution < -0.4 is 4.90 Å². The summed E-state index contributed by atoms with van der Waals surface area (Å²) in [6.07, 6.45) is 0. The number of anilines is 1. The highest BCUT2D eigenvalue weighted by Gasteiger charge is 2.39. The highest BCUT2D eigenvalue weighted by Crippen LogP contribution is 2.50. The largest absolute Gasteiger partial charge is 0.446 e. The van der Waals surface area contributed by atoms with Gasteiger partial charge < -0.3 is 4.74 Å². The van der Waals surface area contributed by atoms with Crippen LogP contribution in [0, 0.1) is 0 Å². The van der Waals surface area contributed by atoms with Crippen molar-refractivity contribution in [2.75, 3.05) is 11.6 Å². The summed E-state index contributed by atoms with van der Waals surface area (Å²) in [5.74, 6) is -1.45. The number of amides is 4. The average Bonchev–Trinajstić information content (AvgIpc) is 3.20. The van der Waals surface area contributed by atoms with Gasteiger partial charge in [0.25, 0.3) is 30.1 Å². The molecule has 0 saturated heterocycles. The maximum atomic E-state index is 14.7. The Morgan fingerprint density at radius 2 is 0.786 bits per heavy atom. The van der Waals surface area contributed by atoms with Crippen molar-refractivity contribution in [3.63, 3.8) is 0 Å². The van der Waals surface area contributed by atoms with Gasteiger partial charge in [0.05, 0.1) is 5.69 Å². The molecule has 0 bridgehead atoms. The van der Waals surface area contributed by atoms with Crippen LogP contribution in [0.5, 0.6) is 0 Å². The molecule has 11 rings (SSSR count). The molecule has 0 unspecified atom stereocenters.